The Morgan fingerprint density at radius 3 is 3.05 bits per heavy atom. The van der Waals surface area contributed by atoms with Gasteiger partial charge in [-0.25, -0.2) is 0 Å². The minimum Gasteiger partial charge on any atom is -0.493 e. The van der Waals surface area contributed by atoms with Crippen LogP contribution in [0.3, 0.4) is 0 Å². The lowest BCUT2D eigenvalue weighted by molar-refractivity contribution is -0.107. The second-order valence-corrected chi connectivity index (χ2v) is 4.61. The number of hydrogen-bond acceptors (Lipinski definition) is 4. The van der Waals surface area contributed by atoms with Crippen molar-refractivity contribution >= 4 is 6.29 Å². The number of aldehydes is 1. The molecule has 0 aliphatic carbocycles. The molecule has 1 aromatic carbocycles. The van der Waals surface area contributed by atoms with Crippen LogP contribution in [-0.2, 0) is 16.0 Å². The van der Waals surface area contributed by atoms with Gasteiger partial charge in [0.25, 0.3) is 0 Å². The van der Waals surface area contributed by atoms with Gasteiger partial charge in [0, 0.05) is 13.0 Å². The Bertz CT molecular complexity index is 411. The van der Waals surface area contributed by atoms with Gasteiger partial charge in [0.1, 0.15) is 12.4 Å². The van der Waals surface area contributed by atoms with Crippen molar-refractivity contribution in [2.75, 3.05) is 20.3 Å². The largest absolute Gasteiger partial charge is 0.493 e. The highest BCUT2D eigenvalue weighted by Crippen LogP contribution is 2.33. The van der Waals surface area contributed by atoms with Gasteiger partial charge < -0.3 is 19.0 Å². The quantitative estimate of drug-likeness (QED) is 0.740. The molecule has 0 aromatic heterocycles. The Morgan fingerprint density at radius 1 is 1.47 bits per heavy atom. The van der Waals surface area contributed by atoms with E-state index in [1.807, 2.05) is 18.2 Å². The first-order valence-electron chi connectivity index (χ1n) is 6.69. The highest BCUT2D eigenvalue weighted by atomic mass is 16.5. The molecule has 1 saturated heterocycles. The van der Waals surface area contributed by atoms with Crippen molar-refractivity contribution in [1.29, 1.82) is 0 Å². The fourth-order valence-electron chi connectivity index (χ4n) is 2.28. The van der Waals surface area contributed by atoms with Crippen LogP contribution < -0.4 is 9.47 Å². The highest BCUT2D eigenvalue weighted by molar-refractivity contribution is 5.53. The Labute approximate surface area is 113 Å². The van der Waals surface area contributed by atoms with Crippen LogP contribution in [0.5, 0.6) is 11.5 Å². The minimum atomic E-state index is 0.0870. The van der Waals surface area contributed by atoms with E-state index in [4.69, 9.17) is 14.2 Å². The fourth-order valence-corrected chi connectivity index (χ4v) is 2.28. The van der Waals surface area contributed by atoms with Crippen LogP contribution >= 0.6 is 0 Å². The topological polar surface area (TPSA) is 44.8 Å². The Balaban J connectivity index is 2.11. The Morgan fingerprint density at radius 2 is 2.37 bits per heavy atom. The van der Waals surface area contributed by atoms with E-state index in [1.54, 1.807) is 7.11 Å². The number of hydrogen-bond donors (Lipinski definition) is 0. The third-order valence-corrected chi connectivity index (χ3v) is 3.21. The summed E-state index contributed by atoms with van der Waals surface area (Å²) in [5.74, 6) is 1.47. The number of ether oxygens (including phenoxy) is 3. The summed E-state index contributed by atoms with van der Waals surface area (Å²) in [5.41, 5.74) is 1.00. The maximum atomic E-state index is 10.5. The molecule has 1 aliphatic heterocycles. The van der Waals surface area contributed by atoms with Crippen LogP contribution in [-0.4, -0.2) is 32.7 Å². The monoisotopic (exact) mass is 264 g/mol. The summed E-state index contributed by atoms with van der Waals surface area (Å²) in [6.45, 7) is 1.44. The van der Waals surface area contributed by atoms with E-state index in [2.05, 4.69) is 0 Å². The van der Waals surface area contributed by atoms with Gasteiger partial charge in [0.2, 0.25) is 0 Å². The molecule has 104 valence electrons. The first kappa shape index (κ1) is 13.9. The van der Waals surface area contributed by atoms with Crippen LogP contribution in [0.4, 0.5) is 0 Å². The van der Waals surface area contributed by atoms with Crippen LogP contribution in [0.2, 0.25) is 0 Å². The molecule has 1 atom stereocenters. The van der Waals surface area contributed by atoms with Gasteiger partial charge in [0.05, 0.1) is 13.7 Å². The van der Waals surface area contributed by atoms with E-state index in [0.29, 0.717) is 19.4 Å². The van der Waals surface area contributed by atoms with E-state index in [9.17, 15) is 4.79 Å². The van der Waals surface area contributed by atoms with Gasteiger partial charge in [0.15, 0.2) is 11.5 Å². The third kappa shape index (κ3) is 3.70. The maximum absolute atomic E-state index is 10.5. The number of carbonyl (C=O) groups excluding carboxylic acids is 1. The van der Waals surface area contributed by atoms with Crippen molar-refractivity contribution in [3.05, 3.63) is 23.8 Å². The number of para-hydroxylation sites is 1. The van der Waals surface area contributed by atoms with Crippen LogP contribution in [0.25, 0.3) is 0 Å². The minimum absolute atomic E-state index is 0.0870. The molecule has 0 bridgehead atoms. The van der Waals surface area contributed by atoms with Gasteiger partial charge in [-0.1, -0.05) is 12.1 Å². The standard InChI is InChI=1S/C15H20O4/c1-17-15-12(6-3-9-16)5-2-8-14(15)19-13-7-4-10-18-11-13/h2,5,8-9,13H,3-4,6-7,10-11H2,1H3. The van der Waals surface area contributed by atoms with Crippen molar-refractivity contribution in [2.24, 2.45) is 0 Å². The molecule has 1 unspecified atom stereocenters. The summed E-state index contributed by atoms with van der Waals surface area (Å²) in [5, 5.41) is 0. The predicted molar refractivity (Wildman–Crippen MR) is 71.8 cm³/mol. The van der Waals surface area contributed by atoms with Crippen LogP contribution in [0, 0.1) is 0 Å². The lowest BCUT2D eigenvalue weighted by Crippen LogP contribution is -2.28. The first-order chi connectivity index (χ1) is 9.35. The van der Waals surface area contributed by atoms with Crippen molar-refractivity contribution < 1.29 is 19.0 Å². The molecule has 19 heavy (non-hydrogen) atoms. The van der Waals surface area contributed by atoms with Gasteiger partial charge in [-0.2, -0.15) is 0 Å². The van der Waals surface area contributed by atoms with E-state index in [1.165, 1.54) is 0 Å². The van der Waals surface area contributed by atoms with E-state index in [-0.39, 0.29) is 6.10 Å². The van der Waals surface area contributed by atoms with E-state index >= 15 is 0 Å². The summed E-state index contributed by atoms with van der Waals surface area (Å²) < 4.78 is 16.8. The maximum Gasteiger partial charge on any atom is 0.163 e. The molecule has 0 radical (unpaired) electrons. The van der Waals surface area contributed by atoms with Crippen LogP contribution in [0.1, 0.15) is 24.8 Å². The van der Waals surface area contributed by atoms with Gasteiger partial charge in [-0.3, -0.25) is 0 Å². The lowest BCUT2D eigenvalue weighted by Gasteiger charge is -2.24. The summed E-state index contributed by atoms with van der Waals surface area (Å²) in [4.78, 5) is 10.5. The van der Waals surface area contributed by atoms with E-state index < -0.39 is 0 Å². The normalized spacial score (nSPS) is 18.9. The van der Waals surface area contributed by atoms with Gasteiger partial charge >= 0.3 is 0 Å². The Kier molecular flexibility index (Phi) is 5.21. The van der Waals surface area contributed by atoms with Gasteiger partial charge in [-0.05, 0) is 30.9 Å². The molecular formula is C15H20O4. The van der Waals surface area contributed by atoms with Crippen LogP contribution in [0.15, 0.2) is 18.2 Å². The smallest absolute Gasteiger partial charge is 0.163 e. The molecule has 2 rings (SSSR count). The van der Waals surface area contributed by atoms with Crippen molar-refractivity contribution in [1.82, 2.24) is 0 Å². The molecule has 1 aliphatic rings. The summed E-state index contributed by atoms with van der Waals surface area (Å²) in [6, 6.07) is 5.80. The molecular weight excluding hydrogens is 244 g/mol. The van der Waals surface area contributed by atoms with Gasteiger partial charge in [-0.15, -0.1) is 0 Å². The van der Waals surface area contributed by atoms with Crippen molar-refractivity contribution in [3.8, 4) is 11.5 Å². The Hall–Kier alpha value is -1.55. The molecule has 0 spiro atoms. The zero-order chi connectivity index (χ0) is 13.5. The third-order valence-electron chi connectivity index (χ3n) is 3.21. The zero-order valence-corrected chi connectivity index (χ0v) is 11.3. The number of aryl methyl sites for hydroxylation is 1. The van der Waals surface area contributed by atoms with Crippen molar-refractivity contribution in [2.45, 2.75) is 31.8 Å². The second kappa shape index (κ2) is 7.14. The fraction of sp³-hybridized carbons (Fsp3) is 0.533. The van der Waals surface area contributed by atoms with E-state index in [0.717, 1.165) is 42.8 Å². The first-order valence-corrected chi connectivity index (χ1v) is 6.69. The summed E-state index contributed by atoms with van der Waals surface area (Å²) >= 11 is 0. The molecule has 0 amide bonds. The number of benzene rings is 1. The lowest BCUT2D eigenvalue weighted by atomic mass is 10.1. The zero-order valence-electron chi connectivity index (χ0n) is 11.3. The molecule has 4 heteroatoms. The highest BCUT2D eigenvalue weighted by Gasteiger charge is 2.18. The number of carbonyl (C=O) groups is 1. The molecule has 0 N–H and O–H groups in total. The molecule has 0 saturated carbocycles. The predicted octanol–water partition coefficient (Wildman–Crippen LogP) is 2.38. The molecule has 1 fully saturated rings. The molecule has 1 heterocycles. The van der Waals surface area contributed by atoms with Crippen molar-refractivity contribution in [3.63, 3.8) is 0 Å². The SMILES string of the molecule is COc1c(CCC=O)cccc1OC1CCCOC1. The average molecular weight is 264 g/mol. The number of rotatable bonds is 6. The molecule has 4 nitrogen and oxygen atoms in total. The summed E-state index contributed by atoms with van der Waals surface area (Å²) in [7, 11) is 1.63. The average Bonchev–Trinajstić information content (AvgIpc) is 2.46. The molecule has 1 aromatic rings. The number of methoxy groups -OCH3 is 1. The second-order valence-electron chi connectivity index (χ2n) is 4.61. The summed E-state index contributed by atoms with van der Waals surface area (Å²) in [6.07, 6.45) is 4.20.